The van der Waals surface area contributed by atoms with Crippen LogP contribution in [0, 0.1) is 11.3 Å². The predicted molar refractivity (Wildman–Crippen MR) is 105 cm³/mol. The normalized spacial score (nSPS) is 19.6. The maximum Gasteiger partial charge on any atom is 0.225 e. The molecule has 1 aliphatic heterocycles. The molecule has 0 bridgehead atoms. The quantitative estimate of drug-likeness (QED) is 0.809. The Labute approximate surface area is 158 Å². The second-order valence-corrected chi connectivity index (χ2v) is 7.23. The molecule has 1 atom stereocenters. The van der Waals surface area contributed by atoms with Gasteiger partial charge >= 0.3 is 0 Å². The monoisotopic (exact) mass is 366 g/mol. The van der Waals surface area contributed by atoms with E-state index in [-0.39, 0.29) is 11.8 Å². The molecule has 26 heavy (non-hydrogen) atoms. The molecule has 0 aromatic heterocycles. The number of allylic oxidation sites excluding steroid dienone is 4. The molecule has 1 aliphatic carbocycles. The summed E-state index contributed by atoms with van der Waals surface area (Å²) in [4.78, 5) is 12.2. The first-order valence-corrected chi connectivity index (χ1v) is 9.84. The lowest BCUT2D eigenvalue weighted by Crippen LogP contribution is -2.31. The summed E-state index contributed by atoms with van der Waals surface area (Å²) >= 11 is 1.55. The van der Waals surface area contributed by atoms with Crippen LogP contribution in [0.4, 0.5) is 0 Å². The number of nitriles is 1. The Morgan fingerprint density at radius 2 is 2.15 bits per heavy atom. The van der Waals surface area contributed by atoms with Crippen LogP contribution in [0.5, 0.6) is 5.75 Å². The SMILES string of the molecule is CCOc1ccc([C@@H]2CC(=O)NC(SCC3=CC=CCC3)=C2C#N)cc1. The van der Waals surface area contributed by atoms with Gasteiger partial charge in [-0.3, -0.25) is 4.79 Å². The van der Waals surface area contributed by atoms with E-state index in [9.17, 15) is 10.1 Å². The zero-order valence-electron chi connectivity index (χ0n) is 14.8. The first-order valence-electron chi connectivity index (χ1n) is 8.85. The third kappa shape index (κ3) is 4.39. The molecular weight excluding hydrogens is 344 g/mol. The zero-order valence-corrected chi connectivity index (χ0v) is 15.6. The first kappa shape index (κ1) is 18.3. The van der Waals surface area contributed by atoms with E-state index >= 15 is 0 Å². The fourth-order valence-electron chi connectivity index (χ4n) is 3.12. The Morgan fingerprint density at radius 1 is 1.35 bits per heavy atom. The molecule has 0 unspecified atom stereocenters. The van der Waals surface area contributed by atoms with Crippen LogP contribution < -0.4 is 10.1 Å². The van der Waals surface area contributed by atoms with Crippen molar-refractivity contribution in [3.05, 3.63) is 64.2 Å². The van der Waals surface area contributed by atoms with E-state index < -0.39 is 0 Å². The van der Waals surface area contributed by atoms with Crippen LogP contribution in [0.1, 0.15) is 37.7 Å². The molecule has 3 rings (SSSR count). The van der Waals surface area contributed by atoms with Crippen molar-refractivity contribution >= 4 is 17.7 Å². The molecule has 0 fully saturated rings. The molecule has 1 heterocycles. The van der Waals surface area contributed by atoms with Crippen LogP contribution in [0.2, 0.25) is 0 Å². The van der Waals surface area contributed by atoms with Gasteiger partial charge in [0.25, 0.3) is 0 Å². The maximum atomic E-state index is 12.2. The Kier molecular flexibility index (Phi) is 6.19. The van der Waals surface area contributed by atoms with Crippen molar-refractivity contribution in [3.8, 4) is 11.8 Å². The summed E-state index contributed by atoms with van der Waals surface area (Å²) < 4.78 is 5.48. The number of carbonyl (C=O) groups excluding carboxylic acids is 1. The number of ether oxygens (including phenoxy) is 1. The van der Waals surface area contributed by atoms with E-state index in [0.717, 1.165) is 29.9 Å². The van der Waals surface area contributed by atoms with E-state index in [1.165, 1.54) is 5.57 Å². The Hall–Kier alpha value is -2.45. The molecule has 1 aromatic rings. The molecular formula is C21H22N2O2S. The lowest BCUT2D eigenvalue weighted by Gasteiger charge is -2.25. The van der Waals surface area contributed by atoms with Gasteiger partial charge in [0.15, 0.2) is 0 Å². The Bertz CT molecular complexity index is 800. The third-order valence-electron chi connectivity index (χ3n) is 4.45. The molecule has 1 aromatic carbocycles. The summed E-state index contributed by atoms with van der Waals surface area (Å²) in [5.41, 5.74) is 2.95. The molecule has 5 heteroatoms. The van der Waals surface area contributed by atoms with Gasteiger partial charge in [0.05, 0.1) is 23.3 Å². The molecule has 4 nitrogen and oxygen atoms in total. The van der Waals surface area contributed by atoms with Gasteiger partial charge in [-0.1, -0.05) is 35.9 Å². The van der Waals surface area contributed by atoms with Gasteiger partial charge < -0.3 is 10.1 Å². The van der Waals surface area contributed by atoms with E-state index in [1.807, 2.05) is 31.2 Å². The predicted octanol–water partition coefficient (Wildman–Crippen LogP) is 4.43. The maximum absolute atomic E-state index is 12.2. The van der Waals surface area contributed by atoms with Gasteiger partial charge in [0.2, 0.25) is 5.91 Å². The minimum Gasteiger partial charge on any atom is -0.494 e. The molecule has 0 spiro atoms. The van der Waals surface area contributed by atoms with Crippen molar-refractivity contribution in [1.29, 1.82) is 5.26 Å². The van der Waals surface area contributed by atoms with E-state index in [1.54, 1.807) is 11.8 Å². The number of hydrogen-bond acceptors (Lipinski definition) is 4. The highest BCUT2D eigenvalue weighted by atomic mass is 32.2. The second kappa shape index (κ2) is 8.77. The summed E-state index contributed by atoms with van der Waals surface area (Å²) in [5.74, 6) is 1.35. The highest BCUT2D eigenvalue weighted by Gasteiger charge is 2.29. The lowest BCUT2D eigenvalue weighted by atomic mass is 9.87. The van der Waals surface area contributed by atoms with Crippen LogP contribution in [0.25, 0.3) is 0 Å². The summed E-state index contributed by atoms with van der Waals surface area (Å²) in [5, 5.41) is 13.3. The van der Waals surface area contributed by atoms with Gasteiger partial charge in [-0.25, -0.2) is 0 Å². The average Bonchev–Trinajstić information content (AvgIpc) is 2.67. The van der Waals surface area contributed by atoms with Gasteiger partial charge in [0.1, 0.15) is 5.75 Å². The average molecular weight is 366 g/mol. The van der Waals surface area contributed by atoms with Crippen LogP contribution in [0.3, 0.4) is 0 Å². The van der Waals surface area contributed by atoms with Crippen LogP contribution in [-0.2, 0) is 4.79 Å². The second-order valence-electron chi connectivity index (χ2n) is 6.24. The number of carbonyl (C=O) groups is 1. The molecule has 0 radical (unpaired) electrons. The van der Waals surface area contributed by atoms with Gasteiger partial charge in [-0.05, 0) is 37.5 Å². The van der Waals surface area contributed by atoms with Crippen LogP contribution >= 0.6 is 11.8 Å². The Balaban J connectivity index is 1.82. The summed E-state index contributed by atoms with van der Waals surface area (Å²) in [6.45, 7) is 2.55. The summed E-state index contributed by atoms with van der Waals surface area (Å²) in [7, 11) is 0. The minimum atomic E-state index is -0.202. The Morgan fingerprint density at radius 3 is 2.81 bits per heavy atom. The van der Waals surface area contributed by atoms with Crippen molar-refractivity contribution < 1.29 is 9.53 Å². The number of nitrogens with zero attached hydrogens (tertiary/aromatic N) is 1. The number of rotatable bonds is 6. The largest absolute Gasteiger partial charge is 0.494 e. The molecule has 1 amide bonds. The van der Waals surface area contributed by atoms with Gasteiger partial charge in [0, 0.05) is 18.1 Å². The molecule has 2 aliphatic rings. The van der Waals surface area contributed by atoms with Crippen molar-refractivity contribution in [2.24, 2.45) is 0 Å². The highest BCUT2D eigenvalue weighted by molar-refractivity contribution is 8.03. The smallest absolute Gasteiger partial charge is 0.225 e. The molecule has 1 N–H and O–H groups in total. The molecule has 0 saturated carbocycles. The lowest BCUT2D eigenvalue weighted by molar-refractivity contribution is -0.120. The van der Waals surface area contributed by atoms with Crippen molar-refractivity contribution in [3.63, 3.8) is 0 Å². The number of amides is 1. The summed E-state index contributed by atoms with van der Waals surface area (Å²) in [6, 6.07) is 10.0. The van der Waals surface area contributed by atoms with Crippen LogP contribution in [-0.4, -0.2) is 18.3 Å². The minimum absolute atomic E-state index is 0.0390. The zero-order chi connectivity index (χ0) is 18.4. The van der Waals surface area contributed by atoms with E-state index in [4.69, 9.17) is 4.74 Å². The number of benzene rings is 1. The number of hydrogen-bond donors (Lipinski definition) is 1. The van der Waals surface area contributed by atoms with Crippen molar-refractivity contribution in [1.82, 2.24) is 5.32 Å². The molecule has 0 saturated heterocycles. The fourth-order valence-corrected chi connectivity index (χ4v) is 4.22. The van der Waals surface area contributed by atoms with Gasteiger partial charge in [-0.15, -0.1) is 11.8 Å². The highest BCUT2D eigenvalue weighted by Crippen LogP contribution is 2.37. The first-order chi connectivity index (χ1) is 12.7. The number of nitrogens with one attached hydrogen (secondary N) is 1. The van der Waals surface area contributed by atoms with E-state index in [2.05, 4.69) is 29.6 Å². The van der Waals surface area contributed by atoms with Gasteiger partial charge in [-0.2, -0.15) is 5.26 Å². The van der Waals surface area contributed by atoms with E-state index in [0.29, 0.717) is 23.6 Å². The van der Waals surface area contributed by atoms with Crippen molar-refractivity contribution in [2.45, 2.75) is 32.1 Å². The number of thioether (sulfide) groups is 1. The fraction of sp³-hybridized carbons (Fsp3) is 0.333. The third-order valence-corrected chi connectivity index (χ3v) is 5.58. The topological polar surface area (TPSA) is 62.1 Å². The van der Waals surface area contributed by atoms with Crippen LogP contribution in [0.15, 0.2) is 58.7 Å². The molecule has 134 valence electrons. The standard InChI is InChI=1S/C21H22N2O2S/c1-2-25-17-10-8-16(9-11-17)18-12-20(24)23-21(19(18)13-22)26-14-15-6-4-3-5-7-15/h3-4,6,8-11,18H,2,5,7,12,14H2,1H3,(H,23,24)/t18-/m0/s1. The summed E-state index contributed by atoms with van der Waals surface area (Å²) in [6.07, 6.45) is 8.73. The van der Waals surface area contributed by atoms with Crippen molar-refractivity contribution in [2.75, 3.05) is 12.4 Å².